The number of aromatic amines is 1. The topological polar surface area (TPSA) is 62.7 Å². The van der Waals surface area contributed by atoms with Crippen LogP contribution in [-0.2, 0) is 11.3 Å². The van der Waals surface area contributed by atoms with Gasteiger partial charge < -0.3 is 9.88 Å². The maximum Gasteiger partial charge on any atom is 0.246 e. The van der Waals surface area contributed by atoms with Crippen molar-refractivity contribution in [3.05, 3.63) is 22.2 Å². The molecule has 0 saturated heterocycles. The number of hydrogen-bond acceptors (Lipinski definition) is 3. The molecule has 106 valence electrons. The van der Waals surface area contributed by atoms with Gasteiger partial charge in [0.2, 0.25) is 5.91 Å². The first-order chi connectivity index (χ1) is 8.97. The molecule has 0 spiro atoms. The van der Waals surface area contributed by atoms with E-state index >= 15 is 0 Å². The maximum atomic E-state index is 11.7. The second kappa shape index (κ2) is 7.23. The molecule has 0 aliphatic carbocycles. The minimum Gasteiger partial charge on any atom is -0.351 e. The molecule has 2 N–H and O–H groups in total. The summed E-state index contributed by atoms with van der Waals surface area (Å²) in [6.45, 7) is 9.13. The van der Waals surface area contributed by atoms with Crippen LogP contribution in [0.4, 0.5) is 0 Å². The number of carbonyl (C=O) groups excluding carboxylic acids is 1. The van der Waals surface area contributed by atoms with Gasteiger partial charge in [0.1, 0.15) is 5.82 Å². The first-order valence-corrected chi connectivity index (χ1v) is 6.98. The minimum absolute atomic E-state index is 0.0250. The summed E-state index contributed by atoms with van der Waals surface area (Å²) in [5.41, 5.74) is 0.752. The highest BCUT2D eigenvalue weighted by Gasteiger charge is 2.10. The van der Waals surface area contributed by atoms with Crippen molar-refractivity contribution in [1.82, 2.24) is 20.1 Å². The fraction of sp³-hybridized carbons (Fsp3) is 0.615. The predicted molar refractivity (Wildman–Crippen MR) is 78.6 cm³/mol. The third kappa shape index (κ3) is 4.31. The zero-order valence-electron chi connectivity index (χ0n) is 12.0. The number of H-pyrrole nitrogens is 1. The minimum atomic E-state index is -0.0250. The van der Waals surface area contributed by atoms with Gasteiger partial charge >= 0.3 is 0 Å². The van der Waals surface area contributed by atoms with Gasteiger partial charge in [0.25, 0.3) is 0 Å². The van der Waals surface area contributed by atoms with E-state index in [0.29, 0.717) is 23.8 Å². The molecule has 5 nitrogen and oxygen atoms in total. The summed E-state index contributed by atoms with van der Waals surface area (Å²) < 4.78 is 2.53. The van der Waals surface area contributed by atoms with Gasteiger partial charge in [-0.05, 0) is 25.6 Å². The Labute approximate surface area is 119 Å². The molecule has 19 heavy (non-hydrogen) atoms. The fourth-order valence-corrected chi connectivity index (χ4v) is 2.04. The van der Waals surface area contributed by atoms with Crippen molar-refractivity contribution in [3.8, 4) is 0 Å². The van der Waals surface area contributed by atoms with E-state index in [9.17, 15) is 4.79 Å². The van der Waals surface area contributed by atoms with Gasteiger partial charge in [-0.2, -0.15) is 5.10 Å². The molecule has 0 atom stereocenters. The highest BCUT2D eigenvalue weighted by molar-refractivity contribution is 7.71. The summed E-state index contributed by atoms with van der Waals surface area (Å²) >= 11 is 5.19. The Morgan fingerprint density at radius 1 is 1.58 bits per heavy atom. The number of nitrogens with one attached hydrogen (secondary N) is 2. The van der Waals surface area contributed by atoms with Crippen molar-refractivity contribution in [1.29, 1.82) is 0 Å². The van der Waals surface area contributed by atoms with Gasteiger partial charge in [-0.25, -0.2) is 0 Å². The van der Waals surface area contributed by atoms with Crippen LogP contribution in [0.25, 0.3) is 0 Å². The molecular weight excluding hydrogens is 260 g/mol. The summed E-state index contributed by atoms with van der Waals surface area (Å²) in [4.78, 5) is 11.7. The van der Waals surface area contributed by atoms with Crippen LogP contribution in [0, 0.1) is 4.77 Å². The molecule has 0 unspecified atom stereocenters. The highest BCUT2D eigenvalue weighted by atomic mass is 32.1. The molecule has 1 aromatic heterocycles. The van der Waals surface area contributed by atoms with E-state index in [1.807, 2.05) is 24.5 Å². The quantitative estimate of drug-likeness (QED) is 0.622. The van der Waals surface area contributed by atoms with E-state index in [4.69, 9.17) is 12.2 Å². The van der Waals surface area contributed by atoms with E-state index in [-0.39, 0.29) is 5.91 Å². The number of rotatable bonds is 6. The molecular formula is C13H22N4OS. The lowest BCUT2D eigenvalue weighted by atomic mass is 10.2. The van der Waals surface area contributed by atoms with Crippen LogP contribution in [0.3, 0.4) is 0 Å². The van der Waals surface area contributed by atoms with Crippen molar-refractivity contribution in [2.45, 2.75) is 46.6 Å². The molecule has 1 heterocycles. The molecule has 0 saturated carbocycles. The molecule has 0 aliphatic rings. The van der Waals surface area contributed by atoms with Gasteiger partial charge in [-0.1, -0.05) is 26.8 Å². The van der Waals surface area contributed by atoms with Crippen molar-refractivity contribution in [3.63, 3.8) is 0 Å². The molecule has 1 rings (SSSR count). The van der Waals surface area contributed by atoms with Crippen LogP contribution in [-0.4, -0.2) is 27.2 Å². The number of nitrogens with zero attached hydrogens (tertiary/aromatic N) is 2. The molecule has 0 aliphatic heterocycles. The highest BCUT2D eigenvalue weighted by Crippen LogP contribution is 2.10. The molecule has 0 fully saturated rings. The Hall–Kier alpha value is -1.43. The average molecular weight is 282 g/mol. The largest absolute Gasteiger partial charge is 0.351 e. The first-order valence-electron chi connectivity index (χ1n) is 6.57. The Morgan fingerprint density at radius 3 is 2.84 bits per heavy atom. The first kappa shape index (κ1) is 15.6. The number of carbonyl (C=O) groups is 1. The SMILES string of the molecule is CCC=C(C)C(=O)NCCn1c(C(C)C)n[nH]c1=S. The monoisotopic (exact) mass is 282 g/mol. The van der Waals surface area contributed by atoms with Gasteiger partial charge in [0, 0.05) is 24.6 Å². The van der Waals surface area contributed by atoms with E-state index in [2.05, 4.69) is 29.4 Å². The summed E-state index contributed by atoms with van der Waals surface area (Å²) in [6, 6.07) is 0. The van der Waals surface area contributed by atoms with Gasteiger partial charge in [0.15, 0.2) is 4.77 Å². The third-order valence-electron chi connectivity index (χ3n) is 2.79. The number of hydrogen-bond donors (Lipinski definition) is 2. The third-order valence-corrected chi connectivity index (χ3v) is 3.11. The number of amides is 1. The Kier molecular flexibility index (Phi) is 5.95. The zero-order valence-corrected chi connectivity index (χ0v) is 12.8. The number of allylic oxidation sites excluding steroid dienone is 1. The Bertz CT molecular complexity index is 513. The van der Waals surface area contributed by atoms with Crippen molar-refractivity contribution in [2.24, 2.45) is 0 Å². The van der Waals surface area contributed by atoms with Crippen LogP contribution in [0.5, 0.6) is 0 Å². The van der Waals surface area contributed by atoms with Crippen LogP contribution in [0.1, 0.15) is 45.9 Å². The second-order valence-corrected chi connectivity index (χ2v) is 5.13. The van der Waals surface area contributed by atoms with Gasteiger partial charge in [-0.15, -0.1) is 0 Å². The fourth-order valence-electron chi connectivity index (χ4n) is 1.81. The summed E-state index contributed by atoms with van der Waals surface area (Å²) in [7, 11) is 0. The second-order valence-electron chi connectivity index (χ2n) is 4.74. The van der Waals surface area contributed by atoms with Crippen LogP contribution in [0.2, 0.25) is 0 Å². The van der Waals surface area contributed by atoms with Crippen molar-refractivity contribution in [2.75, 3.05) is 6.54 Å². The van der Waals surface area contributed by atoms with Crippen LogP contribution >= 0.6 is 12.2 Å². The summed E-state index contributed by atoms with van der Waals surface area (Å²) in [6.07, 6.45) is 2.78. The molecule has 0 radical (unpaired) electrons. The molecule has 0 bridgehead atoms. The van der Waals surface area contributed by atoms with Gasteiger partial charge in [-0.3, -0.25) is 9.89 Å². The van der Waals surface area contributed by atoms with Crippen LogP contribution in [0.15, 0.2) is 11.6 Å². The molecule has 1 aromatic rings. The average Bonchev–Trinajstić information content (AvgIpc) is 2.71. The normalized spacial score (nSPS) is 11.9. The lowest BCUT2D eigenvalue weighted by molar-refractivity contribution is -0.117. The van der Waals surface area contributed by atoms with Crippen molar-refractivity contribution >= 4 is 18.1 Å². The van der Waals surface area contributed by atoms with E-state index < -0.39 is 0 Å². The predicted octanol–water partition coefficient (Wildman–Crippen LogP) is 2.54. The van der Waals surface area contributed by atoms with Crippen LogP contribution < -0.4 is 5.32 Å². The van der Waals surface area contributed by atoms with Gasteiger partial charge in [0.05, 0.1) is 0 Å². The molecule has 6 heteroatoms. The lowest BCUT2D eigenvalue weighted by Gasteiger charge is -2.10. The summed E-state index contributed by atoms with van der Waals surface area (Å²) in [5, 5.41) is 9.87. The smallest absolute Gasteiger partial charge is 0.246 e. The van der Waals surface area contributed by atoms with E-state index in [1.165, 1.54) is 0 Å². The number of aromatic nitrogens is 3. The van der Waals surface area contributed by atoms with Crippen molar-refractivity contribution < 1.29 is 4.79 Å². The lowest BCUT2D eigenvalue weighted by Crippen LogP contribution is -2.28. The molecule has 1 amide bonds. The maximum absolute atomic E-state index is 11.7. The Balaban J connectivity index is 2.59. The van der Waals surface area contributed by atoms with E-state index in [1.54, 1.807) is 0 Å². The zero-order chi connectivity index (χ0) is 14.4. The van der Waals surface area contributed by atoms with E-state index in [0.717, 1.165) is 17.8 Å². The summed E-state index contributed by atoms with van der Waals surface area (Å²) in [5.74, 6) is 1.19. The molecule has 0 aromatic carbocycles. The Morgan fingerprint density at radius 2 is 2.26 bits per heavy atom. The standard InChI is InChI=1S/C13H22N4OS/c1-5-6-10(4)12(18)14-7-8-17-11(9(2)3)15-16-13(17)19/h6,9H,5,7-8H2,1-4H3,(H,14,18)(H,16,19).